The molecular formula is C20H19ClN2O2S. The molecule has 0 spiro atoms. The molecule has 0 aliphatic heterocycles. The van der Waals surface area contributed by atoms with Gasteiger partial charge in [0.1, 0.15) is 0 Å². The van der Waals surface area contributed by atoms with Crippen LogP contribution in [0.4, 0.5) is 0 Å². The Labute approximate surface area is 157 Å². The van der Waals surface area contributed by atoms with E-state index in [1.54, 1.807) is 18.3 Å². The quantitative estimate of drug-likeness (QED) is 0.695. The molecule has 0 unspecified atom stereocenters. The number of benzene rings is 2. The van der Waals surface area contributed by atoms with Gasteiger partial charge in [-0.15, -0.1) is 0 Å². The Hall–Kier alpha value is -2.24. The van der Waals surface area contributed by atoms with Crippen LogP contribution in [0.25, 0.3) is 16.6 Å². The molecule has 1 aliphatic rings. The molecule has 2 aromatic carbocycles. The average Bonchev–Trinajstić information content (AvgIpc) is 3.20. The van der Waals surface area contributed by atoms with Crippen molar-refractivity contribution in [2.75, 3.05) is 6.26 Å². The van der Waals surface area contributed by atoms with Crippen LogP contribution in [0.2, 0.25) is 5.02 Å². The lowest BCUT2D eigenvalue weighted by Crippen LogP contribution is -2.17. The molecule has 1 atom stereocenters. The van der Waals surface area contributed by atoms with E-state index in [0.29, 0.717) is 10.3 Å². The van der Waals surface area contributed by atoms with E-state index >= 15 is 0 Å². The van der Waals surface area contributed by atoms with Crippen molar-refractivity contribution in [3.63, 3.8) is 0 Å². The van der Waals surface area contributed by atoms with Crippen molar-refractivity contribution >= 4 is 38.0 Å². The second kappa shape index (κ2) is 6.18. The highest BCUT2D eigenvalue weighted by Crippen LogP contribution is 2.35. The van der Waals surface area contributed by atoms with E-state index in [1.807, 2.05) is 18.2 Å². The molecule has 4 rings (SSSR count). The minimum atomic E-state index is -3.29. The zero-order valence-electron chi connectivity index (χ0n) is 14.3. The first-order chi connectivity index (χ1) is 12.3. The Balaban J connectivity index is 1.68. The summed E-state index contributed by atoms with van der Waals surface area (Å²) in [5.74, 6) is 0. The standard InChI is InChI=1S/C20H19ClN2O2S/c1-12(23-18-7-3-13-11-14(21)4-5-16(13)18)15-6-8-19(26(2,24)25)17-9-10-22-20(15)17/h4-6,8-11,18,22-23H,1,3,7H2,2H3/t18-/m1/s1. The van der Waals surface area contributed by atoms with Crippen molar-refractivity contribution in [1.82, 2.24) is 10.3 Å². The summed E-state index contributed by atoms with van der Waals surface area (Å²) in [5, 5.41) is 4.95. The molecule has 134 valence electrons. The van der Waals surface area contributed by atoms with Gasteiger partial charge in [-0.2, -0.15) is 0 Å². The van der Waals surface area contributed by atoms with Gasteiger partial charge in [-0.05, 0) is 54.3 Å². The van der Waals surface area contributed by atoms with Crippen LogP contribution >= 0.6 is 11.6 Å². The van der Waals surface area contributed by atoms with Crippen molar-refractivity contribution < 1.29 is 8.42 Å². The predicted octanol–water partition coefficient (Wildman–Crippen LogP) is 4.47. The summed E-state index contributed by atoms with van der Waals surface area (Å²) in [4.78, 5) is 3.48. The Bertz CT molecular complexity index is 1130. The van der Waals surface area contributed by atoms with Crippen molar-refractivity contribution in [3.8, 4) is 0 Å². The largest absolute Gasteiger partial charge is 0.378 e. The van der Waals surface area contributed by atoms with Gasteiger partial charge in [0, 0.05) is 34.1 Å². The lowest BCUT2D eigenvalue weighted by molar-refractivity contribution is 0.602. The highest BCUT2D eigenvalue weighted by atomic mass is 35.5. The summed E-state index contributed by atoms with van der Waals surface area (Å²) in [6.07, 6.45) is 4.93. The van der Waals surface area contributed by atoms with Gasteiger partial charge in [0.05, 0.1) is 16.5 Å². The van der Waals surface area contributed by atoms with Gasteiger partial charge < -0.3 is 10.3 Å². The molecule has 4 nitrogen and oxygen atoms in total. The molecule has 0 bridgehead atoms. The van der Waals surface area contributed by atoms with Crippen LogP contribution in [0.5, 0.6) is 0 Å². The van der Waals surface area contributed by atoms with E-state index in [0.717, 1.165) is 34.6 Å². The molecule has 0 radical (unpaired) electrons. The highest BCUT2D eigenvalue weighted by molar-refractivity contribution is 7.91. The monoisotopic (exact) mass is 386 g/mol. The summed E-state index contributed by atoms with van der Waals surface area (Å²) in [6, 6.07) is 11.4. The van der Waals surface area contributed by atoms with Gasteiger partial charge in [0.2, 0.25) is 0 Å². The summed E-state index contributed by atoms with van der Waals surface area (Å²) in [6.45, 7) is 4.19. The fourth-order valence-corrected chi connectivity index (χ4v) is 4.81. The number of sulfone groups is 1. The Morgan fingerprint density at radius 2 is 2.08 bits per heavy atom. The van der Waals surface area contributed by atoms with Crippen molar-refractivity contribution in [1.29, 1.82) is 0 Å². The number of hydrogen-bond donors (Lipinski definition) is 2. The molecule has 1 heterocycles. The minimum absolute atomic E-state index is 0.175. The number of nitrogens with one attached hydrogen (secondary N) is 2. The van der Waals surface area contributed by atoms with E-state index in [9.17, 15) is 8.42 Å². The van der Waals surface area contributed by atoms with Gasteiger partial charge in [-0.3, -0.25) is 0 Å². The van der Waals surface area contributed by atoms with E-state index in [4.69, 9.17) is 11.6 Å². The lowest BCUT2D eigenvalue weighted by Gasteiger charge is -2.19. The van der Waals surface area contributed by atoms with Crippen LogP contribution in [-0.2, 0) is 16.3 Å². The fourth-order valence-electron chi connectivity index (χ4n) is 3.73. The maximum Gasteiger partial charge on any atom is 0.176 e. The third-order valence-corrected chi connectivity index (χ3v) is 6.33. The van der Waals surface area contributed by atoms with E-state index in [1.165, 1.54) is 17.4 Å². The first kappa shape index (κ1) is 17.2. The van der Waals surface area contributed by atoms with Crippen LogP contribution in [0.3, 0.4) is 0 Å². The Morgan fingerprint density at radius 3 is 2.85 bits per heavy atom. The number of halogens is 1. The number of hydrogen-bond acceptors (Lipinski definition) is 3. The summed E-state index contributed by atoms with van der Waals surface area (Å²) in [7, 11) is -3.29. The summed E-state index contributed by atoms with van der Waals surface area (Å²) >= 11 is 6.09. The number of aryl methyl sites for hydroxylation is 1. The molecule has 6 heteroatoms. The normalized spacial score (nSPS) is 16.6. The van der Waals surface area contributed by atoms with Gasteiger partial charge in [0.15, 0.2) is 9.84 Å². The maximum absolute atomic E-state index is 12.0. The number of H-pyrrole nitrogens is 1. The third kappa shape index (κ3) is 2.91. The minimum Gasteiger partial charge on any atom is -0.378 e. The average molecular weight is 387 g/mol. The zero-order valence-corrected chi connectivity index (χ0v) is 15.9. The van der Waals surface area contributed by atoms with Crippen LogP contribution in [0.15, 0.2) is 54.1 Å². The summed E-state index contributed by atoms with van der Waals surface area (Å²) < 4.78 is 24.0. The highest BCUT2D eigenvalue weighted by Gasteiger charge is 2.24. The maximum atomic E-state index is 12.0. The molecule has 0 saturated carbocycles. The number of rotatable bonds is 4. The first-order valence-electron chi connectivity index (χ1n) is 8.39. The second-order valence-electron chi connectivity index (χ2n) is 6.71. The zero-order chi connectivity index (χ0) is 18.5. The van der Waals surface area contributed by atoms with Gasteiger partial charge >= 0.3 is 0 Å². The molecule has 0 fully saturated rings. The molecule has 1 aliphatic carbocycles. The van der Waals surface area contributed by atoms with E-state index in [2.05, 4.69) is 22.9 Å². The van der Waals surface area contributed by atoms with Crippen molar-refractivity contribution in [2.24, 2.45) is 0 Å². The summed E-state index contributed by atoms with van der Waals surface area (Å²) in [5.41, 5.74) is 4.93. The Kier molecular flexibility index (Phi) is 4.09. The first-order valence-corrected chi connectivity index (χ1v) is 10.7. The Morgan fingerprint density at radius 1 is 1.27 bits per heavy atom. The molecule has 0 amide bonds. The lowest BCUT2D eigenvalue weighted by atomic mass is 10.1. The van der Waals surface area contributed by atoms with Gasteiger partial charge in [-0.1, -0.05) is 24.2 Å². The number of aromatic amines is 1. The number of aromatic nitrogens is 1. The molecule has 2 N–H and O–H groups in total. The van der Waals surface area contributed by atoms with Crippen molar-refractivity contribution in [2.45, 2.75) is 23.8 Å². The molecular weight excluding hydrogens is 368 g/mol. The second-order valence-corrected chi connectivity index (χ2v) is 9.13. The predicted molar refractivity (Wildman–Crippen MR) is 106 cm³/mol. The SMILES string of the molecule is C=C(N[C@@H]1CCc2cc(Cl)ccc21)c1ccc(S(C)(=O)=O)c2cc[nH]c12. The molecule has 3 aromatic rings. The van der Waals surface area contributed by atoms with Crippen LogP contribution < -0.4 is 5.32 Å². The van der Waals surface area contributed by atoms with Gasteiger partial charge in [-0.25, -0.2) is 8.42 Å². The molecule has 1 aromatic heterocycles. The number of fused-ring (bicyclic) bond motifs is 2. The van der Waals surface area contributed by atoms with Crippen LogP contribution in [0.1, 0.15) is 29.2 Å². The van der Waals surface area contributed by atoms with E-state index in [-0.39, 0.29) is 6.04 Å². The van der Waals surface area contributed by atoms with Crippen molar-refractivity contribution in [3.05, 3.63) is 70.9 Å². The molecule has 26 heavy (non-hydrogen) atoms. The van der Waals surface area contributed by atoms with Crippen LogP contribution in [0, 0.1) is 0 Å². The van der Waals surface area contributed by atoms with Gasteiger partial charge in [0.25, 0.3) is 0 Å². The fraction of sp³-hybridized carbons (Fsp3) is 0.200. The molecule has 0 saturated heterocycles. The topological polar surface area (TPSA) is 62.0 Å². The smallest absolute Gasteiger partial charge is 0.176 e. The van der Waals surface area contributed by atoms with Crippen LogP contribution in [-0.4, -0.2) is 19.7 Å². The van der Waals surface area contributed by atoms with E-state index < -0.39 is 9.84 Å². The third-order valence-electron chi connectivity index (χ3n) is 4.94.